The van der Waals surface area contributed by atoms with E-state index >= 15 is 0 Å². The van der Waals surface area contributed by atoms with Crippen molar-refractivity contribution in [3.63, 3.8) is 0 Å². The smallest absolute Gasteiger partial charge is 0.251 e. The second-order valence-corrected chi connectivity index (χ2v) is 5.08. The molecule has 1 aromatic rings. The number of amides is 1. The molecule has 5 heteroatoms. The lowest BCUT2D eigenvalue weighted by molar-refractivity contribution is 0.0947. The fourth-order valence-electron chi connectivity index (χ4n) is 2.38. The SMILES string of the molecule is COc1cc(C(=O)NCC2CCN(C)C2)ccc1N. The molecule has 1 aromatic carbocycles. The highest BCUT2D eigenvalue weighted by atomic mass is 16.5. The molecule has 5 nitrogen and oxygen atoms in total. The minimum atomic E-state index is -0.0761. The number of nitrogens with zero attached hydrogens (tertiary/aromatic N) is 1. The number of anilines is 1. The van der Waals surface area contributed by atoms with E-state index in [0.717, 1.165) is 26.1 Å². The third kappa shape index (κ3) is 3.38. The van der Waals surface area contributed by atoms with Gasteiger partial charge in [0.05, 0.1) is 12.8 Å². The Hall–Kier alpha value is -1.75. The molecule has 1 saturated heterocycles. The molecule has 1 fully saturated rings. The molecular formula is C14H21N3O2. The van der Waals surface area contributed by atoms with Crippen molar-refractivity contribution in [1.29, 1.82) is 0 Å². The molecule has 1 atom stereocenters. The average Bonchev–Trinajstić information content (AvgIpc) is 2.82. The van der Waals surface area contributed by atoms with Crippen molar-refractivity contribution in [1.82, 2.24) is 10.2 Å². The second kappa shape index (κ2) is 5.93. The highest BCUT2D eigenvalue weighted by molar-refractivity contribution is 5.95. The maximum absolute atomic E-state index is 12.0. The van der Waals surface area contributed by atoms with E-state index in [9.17, 15) is 4.79 Å². The van der Waals surface area contributed by atoms with Gasteiger partial charge in [-0.25, -0.2) is 0 Å². The third-order valence-electron chi connectivity index (χ3n) is 3.54. The van der Waals surface area contributed by atoms with Crippen LogP contribution in [0.4, 0.5) is 5.69 Å². The summed E-state index contributed by atoms with van der Waals surface area (Å²) in [6.45, 7) is 2.87. The van der Waals surface area contributed by atoms with E-state index in [1.807, 2.05) is 0 Å². The van der Waals surface area contributed by atoms with E-state index in [2.05, 4.69) is 17.3 Å². The summed E-state index contributed by atoms with van der Waals surface area (Å²) in [7, 11) is 3.65. The van der Waals surface area contributed by atoms with Gasteiger partial charge in [-0.3, -0.25) is 4.79 Å². The molecule has 19 heavy (non-hydrogen) atoms. The minimum Gasteiger partial charge on any atom is -0.495 e. The Morgan fingerprint density at radius 2 is 2.37 bits per heavy atom. The summed E-state index contributed by atoms with van der Waals surface area (Å²) < 4.78 is 5.12. The van der Waals surface area contributed by atoms with Crippen LogP contribution in [0.25, 0.3) is 0 Å². The van der Waals surface area contributed by atoms with Gasteiger partial charge in [0.15, 0.2) is 0 Å². The molecule has 1 aliphatic heterocycles. The van der Waals surface area contributed by atoms with Crippen LogP contribution in [0.15, 0.2) is 18.2 Å². The number of methoxy groups -OCH3 is 1. The first-order valence-electron chi connectivity index (χ1n) is 6.50. The highest BCUT2D eigenvalue weighted by Crippen LogP contribution is 2.22. The van der Waals surface area contributed by atoms with Crippen molar-refractivity contribution in [2.24, 2.45) is 5.92 Å². The summed E-state index contributed by atoms with van der Waals surface area (Å²) in [5.74, 6) is 1.01. The van der Waals surface area contributed by atoms with Crippen LogP contribution in [-0.4, -0.2) is 44.6 Å². The van der Waals surface area contributed by atoms with Crippen molar-refractivity contribution in [3.8, 4) is 5.75 Å². The van der Waals surface area contributed by atoms with Crippen molar-refractivity contribution >= 4 is 11.6 Å². The van der Waals surface area contributed by atoms with Crippen molar-refractivity contribution in [3.05, 3.63) is 23.8 Å². The Kier molecular flexibility index (Phi) is 4.27. The fraction of sp³-hybridized carbons (Fsp3) is 0.500. The van der Waals surface area contributed by atoms with Crippen LogP contribution in [0, 0.1) is 5.92 Å². The number of hydrogen-bond donors (Lipinski definition) is 2. The molecule has 3 N–H and O–H groups in total. The first-order chi connectivity index (χ1) is 9.10. The van der Waals surface area contributed by atoms with Crippen molar-refractivity contribution in [2.75, 3.05) is 39.5 Å². The minimum absolute atomic E-state index is 0.0761. The predicted octanol–water partition coefficient (Wildman–Crippen LogP) is 0.959. The Labute approximate surface area is 113 Å². The molecule has 1 aliphatic rings. The predicted molar refractivity (Wildman–Crippen MR) is 75.3 cm³/mol. The van der Waals surface area contributed by atoms with Crippen LogP contribution < -0.4 is 15.8 Å². The number of nitrogen functional groups attached to an aromatic ring is 1. The molecule has 0 saturated carbocycles. The van der Waals surface area contributed by atoms with E-state index in [4.69, 9.17) is 10.5 Å². The van der Waals surface area contributed by atoms with E-state index < -0.39 is 0 Å². The monoisotopic (exact) mass is 263 g/mol. The first kappa shape index (κ1) is 13.7. The highest BCUT2D eigenvalue weighted by Gasteiger charge is 2.20. The van der Waals surface area contributed by atoms with Crippen molar-refractivity contribution in [2.45, 2.75) is 6.42 Å². The average molecular weight is 263 g/mol. The number of carbonyl (C=O) groups is 1. The summed E-state index contributed by atoms with van der Waals surface area (Å²) in [5, 5.41) is 2.97. The summed E-state index contributed by atoms with van der Waals surface area (Å²) in [6, 6.07) is 5.08. The Morgan fingerprint density at radius 1 is 1.58 bits per heavy atom. The van der Waals surface area contributed by atoms with E-state index in [1.54, 1.807) is 25.3 Å². The summed E-state index contributed by atoms with van der Waals surface area (Å²) in [5.41, 5.74) is 6.85. The van der Waals surface area contributed by atoms with Crippen LogP contribution in [0.5, 0.6) is 5.75 Å². The van der Waals surface area contributed by atoms with Gasteiger partial charge < -0.3 is 20.7 Å². The molecule has 0 aromatic heterocycles. The number of nitrogens with two attached hydrogens (primary N) is 1. The van der Waals surface area contributed by atoms with Gasteiger partial charge in [0.2, 0.25) is 0 Å². The standard InChI is InChI=1S/C14H21N3O2/c1-17-6-5-10(9-17)8-16-14(18)11-3-4-12(15)13(7-11)19-2/h3-4,7,10H,5-6,8-9,15H2,1-2H3,(H,16,18). The Bertz CT molecular complexity index is 462. The molecular weight excluding hydrogens is 242 g/mol. The zero-order chi connectivity index (χ0) is 13.8. The molecule has 0 bridgehead atoms. The normalized spacial score (nSPS) is 19.4. The summed E-state index contributed by atoms with van der Waals surface area (Å²) >= 11 is 0. The molecule has 1 amide bonds. The molecule has 1 unspecified atom stereocenters. The summed E-state index contributed by atoms with van der Waals surface area (Å²) in [4.78, 5) is 14.3. The first-order valence-corrected chi connectivity index (χ1v) is 6.50. The topological polar surface area (TPSA) is 67.6 Å². The lowest BCUT2D eigenvalue weighted by Gasteiger charge is -2.12. The number of nitrogens with one attached hydrogen (secondary N) is 1. The molecule has 1 heterocycles. The number of rotatable bonds is 4. The van der Waals surface area contributed by atoms with Gasteiger partial charge in [0.1, 0.15) is 5.75 Å². The van der Waals surface area contributed by atoms with E-state index in [-0.39, 0.29) is 5.91 Å². The maximum Gasteiger partial charge on any atom is 0.251 e. The van der Waals surface area contributed by atoms with E-state index in [0.29, 0.717) is 22.9 Å². The van der Waals surface area contributed by atoms with Gasteiger partial charge in [0, 0.05) is 18.7 Å². The van der Waals surface area contributed by atoms with Gasteiger partial charge in [-0.05, 0) is 44.1 Å². The van der Waals surface area contributed by atoms with Crippen LogP contribution in [0.2, 0.25) is 0 Å². The maximum atomic E-state index is 12.0. The number of ether oxygens (including phenoxy) is 1. The molecule has 0 aliphatic carbocycles. The number of likely N-dealkylation sites (tertiary alicyclic amines) is 1. The van der Waals surface area contributed by atoms with Gasteiger partial charge in [-0.15, -0.1) is 0 Å². The quantitative estimate of drug-likeness (QED) is 0.794. The van der Waals surface area contributed by atoms with Crippen LogP contribution in [0.3, 0.4) is 0 Å². The van der Waals surface area contributed by atoms with Crippen LogP contribution in [-0.2, 0) is 0 Å². The number of benzene rings is 1. The molecule has 2 rings (SSSR count). The molecule has 0 spiro atoms. The number of carbonyl (C=O) groups excluding carboxylic acids is 1. The zero-order valence-electron chi connectivity index (χ0n) is 11.5. The summed E-state index contributed by atoms with van der Waals surface area (Å²) in [6.07, 6.45) is 1.14. The second-order valence-electron chi connectivity index (χ2n) is 5.08. The fourth-order valence-corrected chi connectivity index (χ4v) is 2.38. The Balaban J connectivity index is 1.92. The molecule has 104 valence electrons. The van der Waals surface area contributed by atoms with Gasteiger partial charge in [-0.2, -0.15) is 0 Å². The van der Waals surface area contributed by atoms with Crippen LogP contribution in [0.1, 0.15) is 16.8 Å². The lowest BCUT2D eigenvalue weighted by atomic mass is 10.1. The van der Waals surface area contributed by atoms with Gasteiger partial charge in [0.25, 0.3) is 5.91 Å². The Morgan fingerprint density at radius 3 is 3.00 bits per heavy atom. The molecule has 0 radical (unpaired) electrons. The largest absolute Gasteiger partial charge is 0.495 e. The lowest BCUT2D eigenvalue weighted by Crippen LogP contribution is -2.30. The van der Waals surface area contributed by atoms with Gasteiger partial charge >= 0.3 is 0 Å². The van der Waals surface area contributed by atoms with E-state index in [1.165, 1.54) is 0 Å². The van der Waals surface area contributed by atoms with Crippen LogP contribution >= 0.6 is 0 Å². The zero-order valence-corrected chi connectivity index (χ0v) is 11.5. The van der Waals surface area contributed by atoms with Gasteiger partial charge in [-0.1, -0.05) is 0 Å². The third-order valence-corrected chi connectivity index (χ3v) is 3.54. The van der Waals surface area contributed by atoms with Crippen molar-refractivity contribution < 1.29 is 9.53 Å². The number of hydrogen-bond acceptors (Lipinski definition) is 4.